The second-order valence-corrected chi connectivity index (χ2v) is 4.50. The van der Waals surface area contributed by atoms with Gasteiger partial charge in [-0.2, -0.15) is 0 Å². The molecule has 108 valence electrons. The molecule has 1 aromatic rings. The van der Waals surface area contributed by atoms with Gasteiger partial charge in [0.25, 0.3) is 0 Å². The SMILES string of the molecule is CCOC(CCNc1cccc(N(C)C)c1)OCC. The molecule has 0 unspecified atom stereocenters. The Labute approximate surface area is 116 Å². The first kappa shape index (κ1) is 15.8. The lowest BCUT2D eigenvalue weighted by Gasteiger charge is -2.18. The van der Waals surface area contributed by atoms with E-state index in [1.54, 1.807) is 0 Å². The van der Waals surface area contributed by atoms with Crippen LogP contribution in [0.15, 0.2) is 24.3 Å². The van der Waals surface area contributed by atoms with Crippen LogP contribution in [0.3, 0.4) is 0 Å². The molecule has 0 heterocycles. The summed E-state index contributed by atoms with van der Waals surface area (Å²) in [6, 6.07) is 8.36. The summed E-state index contributed by atoms with van der Waals surface area (Å²) in [5.41, 5.74) is 2.31. The Balaban J connectivity index is 2.41. The highest BCUT2D eigenvalue weighted by molar-refractivity contribution is 5.57. The molecule has 0 amide bonds. The van der Waals surface area contributed by atoms with Gasteiger partial charge in [-0.1, -0.05) is 6.07 Å². The molecule has 4 nitrogen and oxygen atoms in total. The molecule has 1 N–H and O–H groups in total. The molecule has 0 spiro atoms. The molecule has 19 heavy (non-hydrogen) atoms. The topological polar surface area (TPSA) is 33.7 Å². The average Bonchev–Trinajstić information content (AvgIpc) is 2.39. The van der Waals surface area contributed by atoms with Gasteiger partial charge in [0.2, 0.25) is 0 Å². The number of hydrogen-bond acceptors (Lipinski definition) is 4. The zero-order valence-electron chi connectivity index (χ0n) is 12.5. The van der Waals surface area contributed by atoms with Crippen molar-refractivity contribution in [2.45, 2.75) is 26.6 Å². The lowest BCUT2D eigenvalue weighted by Crippen LogP contribution is -2.21. The Morgan fingerprint density at radius 1 is 1.16 bits per heavy atom. The summed E-state index contributed by atoms with van der Waals surface area (Å²) in [5, 5.41) is 3.40. The Morgan fingerprint density at radius 2 is 1.84 bits per heavy atom. The second kappa shape index (κ2) is 8.77. The van der Waals surface area contributed by atoms with E-state index in [1.165, 1.54) is 5.69 Å². The van der Waals surface area contributed by atoms with E-state index in [9.17, 15) is 0 Å². The van der Waals surface area contributed by atoms with Gasteiger partial charge >= 0.3 is 0 Å². The highest BCUT2D eigenvalue weighted by Crippen LogP contribution is 2.17. The summed E-state index contributed by atoms with van der Waals surface area (Å²) in [5.74, 6) is 0. The van der Waals surface area contributed by atoms with Gasteiger partial charge in [-0.05, 0) is 32.0 Å². The van der Waals surface area contributed by atoms with Crippen LogP contribution in [0.1, 0.15) is 20.3 Å². The molecule has 0 bridgehead atoms. The quantitative estimate of drug-likeness (QED) is 0.697. The highest BCUT2D eigenvalue weighted by atomic mass is 16.7. The third-order valence-electron chi connectivity index (χ3n) is 2.78. The molecular weight excluding hydrogens is 240 g/mol. The summed E-state index contributed by atoms with van der Waals surface area (Å²) in [7, 11) is 4.08. The fraction of sp³-hybridized carbons (Fsp3) is 0.600. The predicted molar refractivity (Wildman–Crippen MR) is 80.9 cm³/mol. The van der Waals surface area contributed by atoms with Crippen molar-refractivity contribution in [3.8, 4) is 0 Å². The van der Waals surface area contributed by atoms with Crippen molar-refractivity contribution in [3.05, 3.63) is 24.3 Å². The van der Waals surface area contributed by atoms with Crippen LogP contribution in [0, 0.1) is 0 Å². The van der Waals surface area contributed by atoms with Crippen molar-refractivity contribution in [1.82, 2.24) is 0 Å². The van der Waals surface area contributed by atoms with Crippen LogP contribution in [0.4, 0.5) is 11.4 Å². The maximum atomic E-state index is 5.51. The second-order valence-electron chi connectivity index (χ2n) is 4.50. The average molecular weight is 266 g/mol. The van der Waals surface area contributed by atoms with Crippen molar-refractivity contribution in [3.63, 3.8) is 0 Å². The lowest BCUT2D eigenvalue weighted by atomic mass is 10.2. The molecule has 0 saturated carbocycles. The minimum atomic E-state index is -0.112. The van der Waals surface area contributed by atoms with Gasteiger partial charge in [-0.15, -0.1) is 0 Å². The summed E-state index contributed by atoms with van der Waals surface area (Å²) < 4.78 is 11.0. The van der Waals surface area contributed by atoms with E-state index < -0.39 is 0 Å². The molecule has 4 heteroatoms. The van der Waals surface area contributed by atoms with E-state index in [4.69, 9.17) is 9.47 Å². The van der Waals surface area contributed by atoms with E-state index in [0.717, 1.165) is 18.7 Å². The van der Waals surface area contributed by atoms with E-state index in [-0.39, 0.29) is 6.29 Å². The predicted octanol–water partition coefficient (Wildman–Crippen LogP) is 2.95. The van der Waals surface area contributed by atoms with Gasteiger partial charge in [0.15, 0.2) is 6.29 Å². The maximum Gasteiger partial charge on any atom is 0.159 e. The van der Waals surface area contributed by atoms with Gasteiger partial charge < -0.3 is 19.7 Å². The molecule has 1 aromatic carbocycles. The smallest absolute Gasteiger partial charge is 0.159 e. The summed E-state index contributed by atoms with van der Waals surface area (Å²) in [6.07, 6.45) is 0.730. The number of ether oxygens (including phenoxy) is 2. The molecule has 0 atom stereocenters. The third-order valence-corrected chi connectivity index (χ3v) is 2.78. The minimum Gasteiger partial charge on any atom is -0.385 e. The molecule has 0 aromatic heterocycles. The number of benzene rings is 1. The van der Waals surface area contributed by atoms with Crippen molar-refractivity contribution in [2.24, 2.45) is 0 Å². The third kappa shape index (κ3) is 5.94. The fourth-order valence-corrected chi connectivity index (χ4v) is 1.81. The lowest BCUT2D eigenvalue weighted by molar-refractivity contribution is -0.137. The van der Waals surface area contributed by atoms with E-state index in [2.05, 4.69) is 34.5 Å². The number of nitrogens with zero attached hydrogens (tertiary/aromatic N) is 1. The van der Waals surface area contributed by atoms with Crippen LogP contribution >= 0.6 is 0 Å². The Kier molecular flexibility index (Phi) is 7.30. The van der Waals surface area contributed by atoms with Gasteiger partial charge in [0, 0.05) is 51.6 Å². The zero-order valence-corrected chi connectivity index (χ0v) is 12.5. The molecule has 0 aliphatic heterocycles. The highest BCUT2D eigenvalue weighted by Gasteiger charge is 2.07. The first-order valence-electron chi connectivity index (χ1n) is 6.91. The molecule has 0 saturated heterocycles. The standard InChI is InChI=1S/C15H26N2O2/c1-5-18-15(19-6-2)10-11-16-13-8-7-9-14(12-13)17(3)4/h7-9,12,15-16H,5-6,10-11H2,1-4H3. The number of anilines is 2. The maximum absolute atomic E-state index is 5.51. The molecule has 1 rings (SSSR count). The van der Waals surface area contributed by atoms with Gasteiger partial charge in [0.05, 0.1) is 0 Å². The van der Waals surface area contributed by atoms with Crippen LogP contribution in [0.5, 0.6) is 0 Å². The van der Waals surface area contributed by atoms with Crippen molar-refractivity contribution < 1.29 is 9.47 Å². The molecular formula is C15H26N2O2. The Hall–Kier alpha value is -1.26. The van der Waals surface area contributed by atoms with Crippen LogP contribution in [-0.4, -0.2) is 40.1 Å². The molecule has 0 aliphatic rings. The fourth-order valence-electron chi connectivity index (χ4n) is 1.81. The summed E-state index contributed by atoms with van der Waals surface area (Å²) >= 11 is 0. The molecule has 0 fully saturated rings. The Bertz CT molecular complexity index is 350. The van der Waals surface area contributed by atoms with Crippen molar-refractivity contribution in [2.75, 3.05) is 44.1 Å². The molecule has 0 aliphatic carbocycles. The largest absolute Gasteiger partial charge is 0.385 e. The number of nitrogens with one attached hydrogen (secondary N) is 1. The minimum absolute atomic E-state index is 0.112. The van der Waals surface area contributed by atoms with Crippen molar-refractivity contribution in [1.29, 1.82) is 0 Å². The van der Waals surface area contributed by atoms with E-state index in [1.807, 2.05) is 27.9 Å². The summed E-state index contributed by atoms with van der Waals surface area (Å²) in [6.45, 7) is 6.17. The van der Waals surface area contributed by atoms with Crippen molar-refractivity contribution >= 4 is 11.4 Å². The first-order chi connectivity index (χ1) is 9.17. The number of rotatable bonds is 9. The van der Waals surface area contributed by atoms with Crippen LogP contribution in [-0.2, 0) is 9.47 Å². The van der Waals surface area contributed by atoms with E-state index >= 15 is 0 Å². The van der Waals surface area contributed by atoms with Gasteiger partial charge in [-0.3, -0.25) is 0 Å². The van der Waals surface area contributed by atoms with Crippen LogP contribution in [0.2, 0.25) is 0 Å². The monoisotopic (exact) mass is 266 g/mol. The van der Waals surface area contributed by atoms with Crippen LogP contribution < -0.4 is 10.2 Å². The summed E-state index contributed by atoms with van der Waals surface area (Å²) in [4.78, 5) is 2.09. The van der Waals surface area contributed by atoms with Gasteiger partial charge in [-0.25, -0.2) is 0 Å². The molecule has 0 radical (unpaired) electrons. The first-order valence-corrected chi connectivity index (χ1v) is 6.91. The van der Waals surface area contributed by atoms with E-state index in [0.29, 0.717) is 13.2 Å². The zero-order chi connectivity index (χ0) is 14.1. The number of hydrogen-bond donors (Lipinski definition) is 1. The van der Waals surface area contributed by atoms with Gasteiger partial charge in [0.1, 0.15) is 0 Å². The van der Waals surface area contributed by atoms with Crippen LogP contribution in [0.25, 0.3) is 0 Å². The normalized spacial score (nSPS) is 10.8. The Morgan fingerprint density at radius 3 is 2.42 bits per heavy atom.